The van der Waals surface area contributed by atoms with Gasteiger partial charge in [0.1, 0.15) is 0 Å². The normalized spacial score (nSPS) is 28.4. The van der Waals surface area contributed by atoms with E-state index in [-0.39, 0.29) is 0 Å². The highest BCUT2D eigenvalue weighted by molar-refractivity contribution is 8.23. The van der Waals surface area contributed by atoms with Gasteiger partial charge in [0.25, 0.3) is 5.79 Å². The summed E-state index contributed by atoms with van der Waals surface area (Å²) >= 11 is 6.35. The molecule has 1 rings (SSSR count). The summed E-state index contributed by atoms with van der Waals surface area (Å²) in [5.74, 6) is -1.49. The third-order valence-corrected chi connectivity index (χ3v) is 3.81. The lowest BCUT2D eigenvalue weighted by Gasteiger charge is -2.33. The van der Waals surface area contributed by atoms with Gasteiger partial charge in [-0.15, -0.1) is 0 Å². The zero-order chi connectivity index (χ0) is 11.9. The molecule has 3 nitrogen and oxygen atoms in total. The lowest BCUT2D eigenvalue weighted by Crippen LogP contribution is -2.46. The number of carbonyl (C=O) groups excluding carboxylic acids is 1. The van der Waals surface area contributed by atoms with Gasteiger partial charge < -0.3 is 9.47 Å². The third kappa shape index (κ3) is 2.34. The fraction of sp³-hybridized carbons (Fsp3) is 0.600. The smallest absolute Gasteiger partial charge is 0.336 e. The van der Waals surface area contributed by atoms with Crippen molar-refractivity contribution >= 4 is 34.3 Å². The van der Waals surface area contributed by atoms with E-state index in [1.54, 1.807) is 13.8 Å². The molecule has 0 N–H and O–H groups in total. The zero-order valence-corrected chi connectivity index (χ0v) is 10.9. The van der Waals surface area contributed by atoms with Gasteiger partial charge in [0.2, 0.25) is 4.38 Å². The van der Waals surface area contributed by atoms with Crippen LogP contribution in [0.25, 0.3) is 0 Å². The highest BCUT2D eigenvalue weighted by atomic mass is 32.2. The minimum atomic E-state index is -1.02. The summed E-state index contributed by atoms with van der Waals surface area (Å²) in [5, 5.41) is 0. The summed E-state index contributed by atoms with van der Waals surface area (Å²) in [7, 11) is 0. The molecule has 0 amide bonds. The molecule has 1 aliphatic heterocycles. The van der Waals surface area contributed by atoms with E-state index < -0.39 is 16.5 Å². The van der Waals surface area contributed by atoms with Crippen molar-refractivity contribution in [2.24, 2.45) is 0 Å². The molecule has 1 unspecified atom stereocenters. The van der Waals surface area contributed by atoms with Crippen LogP contribution in [0.5, 0.6) is 0 Å². The highest BCUT2D eigenvalue weighted by Gasteiger charge is 2.54. The predicted octanol–water partition coefficient (Wildman–Crippen LogP) is 2.65. The van der Waals surface area contributed by atoms with Crippen molar-refractivity contribution in [2.75, 3.05) is 0 Å². The monoisotopic (exact) mass is 246 g/mol. The van der Waals surface area contributed by atoms with Gasteiger partial charge in [0, 0.05) is 12.5 Å². The molecule has 0 aromatic heterocycles. The molecule has 0 spiro atoms. The Labute approximate surface area is 99.2 Å². The molecule has 1 aliphatic rings. The fourth-order valence-electron chi connectivity index (χ4n) is 1.01. The maximum Gasteiger partial charge on any atom is 0.336 e. The lowest BCUT2D eigenvalue weighted by molar-refractivity contribution is -0.195. The number of rotatable bonds is 2. The maximum absolute atomic E-state index is 11.4. The van der Waals surface area contributed by atoms with E-state index in [0.717, 1.165) is 0 Å². The zero-order valence-electron chi connectivity index (χ0n) is 9.25. The second-order valence-corrected chi connectivity index (χ2v) is 6.30. The van der Waals surface area contributed by atoms with E-state index >= 15 is 0 Å². The van der Waals surface area contributed by atoms with Crippen LogP contribution in [0.4, 0.5) is 0 Å². The predicted molar refractivity (Wildman–Crippen MR) is 64.7 cm³/mol. The molecule has 15 heavy (non-hydrogen) atoms. The first-order valence-corrected chi connectivity index (χ1v) is 5.71. The van der Waals surface area contributed by atoms with Crippen molar-refractivity contribution in [3.63, 3.8) is 0 Å². The average Bonchev–Trinajstić information content (AvgIpc) is 2.19. The van der Waals surface area contributed by atoms with Crippen molar-refractivity contribution < 1.29 is 14.3 Å². The first kappa shape index (κ1) is 12.5. The number of ether oxygens (including phenoxy) is 2. The van der Waals surface area contributed by atoms with E-state index in [0.29, 0.717) is 9.96 Å². The molecule has 5 heteroatoms. The Morgan fingerprint density at radius 1 is 1.53 bits per heavy atom. The molecule has 1 saturated heterocycles. The summed E-state index contributed by atoms with van der Waals surface area (Å²) in [6.07, 6.45) is 0. The van der Waals surface area contributed by atoms with E-state index in [9.17, 15) is 4.79 Å². The largest absolute Gasteiger partial charge is 0.435 e. The Hall–Kier alpha value is -0.550. The van der Waals surface area contributed by atoms with E-state index in [1.165, 1.54) is 11.8 Å². The van der Waals surface area contributed by atoms with Crippen LogP contribution in [-0.4, -0.2) is 20.9 Å². The molecular weight excluding hydrogens is 232 g/mol. The second-order valence-electron chi connectivity index (χ2n) is 4.08. The molecule has 0 radical (unpaired) electrons. The van der Waals surface area contributed by atoms with Crippen molar-refractivity contribution in [3.05, 3.63) is 12.2 Å². The van der Waals surface area contributed by atoms with Gasteiger partial charge in [0.15, 0.2) is 0 Å². The Kier molecular flexibility index (Phi) is 3.16. The maximum atomic E-state index is 11.4. The van der Waals surface area contributed by atoms with Crippen molar-refractivity contribution in [2.45, 2.75) is 38.2 Å². The molecular formula is C10H14O3S2. The van der Waals surface area contributed by atoms with Gasteiger partial charge >= 0.3 is 5.97 Å². The van der Waals surface area contributed by atoms with Crippen LogP contribution in [0.3, 0.4) is 0 Å². The van der Waals surface area contributed by atoms with Crippen LogP contribution < -0.4 is 0 Å². The van der Waals surface area contributed by atoms with Crippen LogP contribution >= 0.6 is 24.0 Å². The summed E-state index contributed by atoms with van der Waals surface area (Å²) in [4.78, 5) is 11.4. The van der Waals surface area contributed by atoms with Gasteiger partial charge in [0.05, 0.1) is 4.75 Å². The topological polar surface area (TPSA) is 35.5 Å². The number of esters is 1. The summed E-state index contributed by atoms with van der Waals surface area (Å²) in [5.41, 5.74) is 0.346. The van der Waals surface area contributed by atoms with Gasteiger partial charge in [-0.05, 0) is 33.0 Å². The number of hydrogen-bond donors (Lipinski definition) is 0. The summed E-state index contributed by atoms with van der Waals surface area (Å²) in [6, 6.07) is 0. The number of thioether (sulfide) groups is 1. The third-order valence-electron chi connectivity index (χ3n) is 2.35. The van der Waals surface area contributed by atoms with Gasteiger partial charge in [-0.3, -0.25) is 0 Å². The van der Waals surface area contributed by atoms with Crippen molar-refractivity contribution in [3.8, 4) is 0 Å². The Bertz CT molecular complexity index is 336. The number of carbonyl (C=O) groups is 1. The molecule has 1 fully saturated rings. The Morgan fingerprint density at radius 3 is 2.40 bits per heavy atom. The molecule has 1 heterocycles. The Morgan fingerprint density at radius 2 is 2.07 bits per heavy atom. The van der Waals surface area contributed by atoms with Gasteiger partial charge in [-0.2, -0.15) is 0 Å². The van der Waals surface area contributed by atoms with Crippen LogP contribution in [-0.2, 0) is 14.3 Å². The molecule has 0 aromatic rings. The van der Waals surface area contributed by atoms with Crippen LogP contribution in [0.2, 0.25) is 0 Å². The summed E-state index contributed by atoms with van der Waals surface area (Å²) < 4.78 is 10.7. The minimum Gasteiger partial charge on any atom is -0.435 e. The number of hydrogen-bond acceptors (Lipinski definition) is 5. The van der Waals surface area contributed by atoms with E-state index in [1.807, 2.05) is 13.8 Å². The van der Waals surface area contributed by atoms with E-state index in [2.05, 4.69) is 6.58 Å². The second kappa shape index (κ2) is 3.79. The van der Waals surface area contributed by atoms with Gasteiger partial charge in [-0.1, -0.05) is 18.3 Å². The molecule has 0 aliphatic carbocycles. The molecule has 0 aromatic carbocycles. The summed E-state index contributed by atoms with van der Waals surface area (Å²) in [6.45, 7) is 10.7. The molecule has 0 bridgehead atoms. The molecule has 1 atom stereocenters. The van der Waals surface area contributed by atoms with Crippen LogP contribution in [0.1, 0.15) is 27.7 Å². The van der Waals surface area contributed by atoms with Crippen molar-refractivity contribution in [1.82, 2.24) is 0 Å². The lowest BCUT2D eigenvalue weighted by atomic mass is 10.0. The minimum absolute atomic E-state index is 0.346. The quantitative estimate of drug-likeness (QED) is 0.425. The van der Waals surface area contributed by atoms with E-state index in [4.69, 9.17) is 21.7 Å². The molecule has 84 valence electrons. The fourth-order valence-corrected chi connectivity index (χ4v) is 2.68. The Balaban J connectivity index is 2.87. The standard InChI is InChI=1S/C10H14O3S2/c1-6(2)7(11)12-10(5)9(3,4)15-8(14)13-10/h1H2,2-5H3. The first-order valence-electron chi connectivity index (χ1n) is 4.49. The van der Waals surface area contributed by atoms with Crippen molar-refractivity contribution in [1.29, 1.82) is 0 Å². The number of thiocarbonyl (C=S) groups is 1. The highest BCUT2D eigenvalue weighted by Crippen LogP contribution is 2.47. The average molecular weight is 246 g/mol. The van der Waals surface area contributed by atoms with Gasteiger partial charge in [-0.25, -0.2) is 4.79 Å². The van der Waals surface area contributed by atoms with Crippen LogP contribution in [0, 0.1) is 0 Å². The van der Waals surface area contributed by atoms with Crippen LogP contribution in [0.15, 0.2) is 12.2 Å². The first-order chi connectivity index (χ1) is 6.68. The SMILES string of the molecule is C=C(C)C(=O)OC1(C)OC(=S)SC1(C)C. The molecule has 0 saturated carbocycles.